The highest BCUT2D eigenvalue weighted by atomic mass is 35.5. The van der Waals surface area contributed by atoms with Gasteiger partial charge in [0.2, 0.25) is 0 Å². The van der Waals surface area contributed by atoms with Gasteiger partial charge >= 0.3 is 5.97 Å². The summed E-state index contributed by atoms with van der Waals surface area (Å²) >= 11 is 6.19. The van der Waals surface area contributed by atoms with Gasteiger partial charge in [-0.25, -0.2) is 13.6 Å². The monoisotopic (exact) mass is 554 g/mol. The number of aromatic carboxylic acids is 1. The third kappa shape index (κ3) is 4.39. The zero-order valence-corrected chi connectivity index (χ0v) is 21.8. The van der Waals surface area contributed by atoms with Gasteiger partial charge in [-0.15, -0.1) is 0 Å². The average Bonchev–Trinajstić information content (AvgIpc) is 3.14. The van der Waals surface area contributed by atoms with Crippen LogP contribution in [0.1, 0.15) is 44.7 Å². The van der Waals surface area contributed by atoms with E-state index in [9.17, 15) is 19.1 Å². The summed E-state index contributed by atoms with van der Waals surface area (Å²) in [6.07, 6.45) is 1.75. The minimum Gasteiger partial charge on any atom is -0.478 e. The van der Waals surface area contributed by atoms with Crippen molar-refractivity contribution in [3.05, 3.63) is 81.4 Å². The summed E-state index contributed by atoms with van der Waals surface area (Å²) in [5, 5.41) is 9.90. The molecule has 10 heteroatoms. The number of halogens is 3. The summed E-state index contributed by atoms with van der Waals surface area (Å²) < 4.78 is 40.9. The van der Waals surface area contributed by atoms with Crippen LogP contribution in [0.5, 0.6) is 5.75 Å². The van der Waals surface area contributed by atoms with E-state index in [2.05, 4.69) is 4.90 Å². The van der Waals surface area contributed by atoms with Crippen LogP contribution in [0.2, 0.25) is 5.02 Å². The Kier molecular flexibility index (Phi) is 6.43. The number of carboxylic acids is 1. The SMILES string of the molecule is Cc1cc(F)cc(Cl)c1C(=O)N1COc2c(cccc2-c2cc(N3C4CCC3COC4)c(C(=O)O)cc2F)C1. The fourth-order valence-corrected chi connectivity index (χ4v) is 6.26. The van der Waals surface area contributed by atoms with Gasteiger partial charge in [0.1, 0.15) is 17.4 Å². The molecule has 0 saturated carbocycles. The number of aryl methyl sites for hydroxylation is 1. The van der Waals surface area contributed by atoms with Crippen molar-refractivity contribution in [3.63, 3.8) is 0 Å². The van der Waals surface area contributed by atoms with Gasteiger partial charge in [0.25, 0.3) is 5.91 Å². The highest BCUT2D eigenvalue weighted by Crippen LogP contribution is 2.43. The molecule has 7 nitrogen and oxygen atoms in total. The summed E-state index contributed by atoms with van der Waals surface area (Å²) in [7, 11) is 0. The first-order chi connectivity index (χ1) is 18.7. The first kappa shape index (κ1) is 25.6. The molecule has 3 heterocycles. The van der Waals surface area contributed by atoms with Crippen LogP contribution in [0.3, 0.4) is 0 Å². The van der Waals surface area contributed by atoms with Crippen LogP contribution >= 0.6 is 11.6 Å². The predicted octanol–water partition coefficient (Wildman–Crippen LogP) is 5.65. The lowest BCUT2D eigenvalue weighted by Gasteiger charge is -2.37. The van der Waals surface area contributed by atoms with Gasteiger partial charge in [0.15, 0.2) is 6.73 Å². The fourth-order valence-electron chi connectivity index (χ4n) is 5.92. The molecule has 0 aromatic heterocycles. The Hall–Kier alpha value is -3.69. The first-order valence-corrected chi connectivity index (χ1v) is 13.0. The Balaban J connectivity index is 1.37. The summed E-state index contributed by atoms with van der Waals surface area (Å²) in [5.74, 6) is -2.39. The van der Waals surface area contributed by atoms with E-state index in [1.165, 1.54) is 11.0 Å². The smallest absolute Gasteiger partial charge is 0.337 e. The third-order valence-corrected chi connectivity index (χ3v) is 8.00. The number of carbonyl (C=O) groups is 2. The van der Waals surface area contributed by atoms with Gasteiger partial charge in [-0.05, 0) is 49.6 Å². The Bertz CT molecular complexity index is 1470. The lowest BCUT2D eigenvalue weighted by molar-refractivity contribution is 0.0515. The molecule has 39 heavy (non-hydrogen) atoms. The highest BCUT2D eigenvalue weighted by molar-refractivity contribution is 6.34. The van der Waals surface area contributed by atoms with Gasteiger partial charge in [0, 0.05) is 16.7 Å². The van der Waals surface area contributed by atoms with E-state index >= 15 is 4.39 Å². The van der Waals surface area contributed by atoms with Crippen molar-refractivity contribution in [3.8, 4) is 16.9 Å². The molecular formula is C29H25ClF2N2O5. The van der Waals surface area contributed by atoms with Crippen LogP contribution in [0.25, 0.3) is 11.1 Å². The van der Waals surface area contributed by atoms with E-state index in [0.717, 1.165) is 25.0 Å². The van der Waals surface area contributed by atoms with Crippen LogP contribution in [0.4, 0.5) is 14.5 Å². The molecule has 1 amide bonds. The topological polar surface area (TPSA) is 79.3 Å². The van der Waals surface area contributed by atoms with E-state index in [-0.39, 0.29) is 47.1 Å². The molecule has 0 spiro atoms. The number of hydrogen-bond acceptors (Lipinski definition) is 5. The normalized spacial score (nSPS) is 20.0. The van der Waals surface area contributed by atoms with E-state index in [0.29, 0.717) is 41.3 Å². The van der Waals surface area contributed by atoms with Crippen molar-refractivity contribution in [2.45, 2.75) is 38.4 Å². The van der Waals surface area contributed by atoms with E-state index in [4.69, 9.17) is 21.1 Å². The number of nitrogens with zero attached hydrogens (tertiary/aromatic N) is 2. The van der Waals surface area contributed by atoms with E-state index < -0.39 is 23.5 Å². The average molecular weight is 555 g/mol. The highest BCUT2D eigenvalue weighted by Gasteiger charge is 2.39. The number of para-hydroxylation sites is 1. The maximum Gasteiger partial charge on any atom is 0.337 e. The second kappa shape index (κ2) is 9.81. The molecule has 3 aliphatic rings. The quantitative estimate of drug-likeness (QED) is 0.449. The standard InChI is InChI=1S/C29H25ClF2N2O5/c1-15-7-17(31)8-23(30)26(15)28(35)33-11-16-3-2-4-20(27(16)39-14-33)21-10-25(22(29(36)37)9-24(21)32)34-18-5-6-19(34)13-38-12-18/h2-4,7-10,18-19H,5-6,11-14H2,1H3,(H,36,37). The van der Waals surface area contributed by atoms with Crippen molar-refractivity contribution in [2.75, 3.05) is 24.8 Å². The zero-order chi connectivity index (χ0) is 27.4. The van der Waals surface area contributed by atoms with E-state index in [1.807, 2.05) is 0 Å². The molecular weight excluding hydrogens is 530 g/mol. The van der Waals surface area contributed by atoms with Crippen molar-refractivity contribution in [1.82, 2.24) is 4.90 Å². The lowest BCUT2D eigenvalue weighted by Crippen LogP contribution is -2.46. The molecule has 0 aliphatic carbocycles. The minimum atomic E-state index is -1.20. The molecule has 3 aromatic carbocycles. The Labute approximate surface area is 228 Å². The molecule has 2 atom stereocenters. The number of carboxylic acid groups (broad SMARTS) is 1. The van der Waals surface area contributed by atoms with Crippen LogP contribution < -0.4 is 9.64 Å². The second-order valence-electron chi connectivity index (χ2n) is 10.1. The fraction of sp³-hybridized carbons (Fsp3) is 0.310. The van der Waals surface area contributed by atoms with Crippen LogP contribution in [-0.2, 0) is 11.3 Å². The zero-order valence-electron chi connectivity index (χ0n) is 21.0. The largest absolute Gasteiger partial charge is 0.478 e. The Morgan fingerprint density at radius 1 is 1.05 bits per heavy atom. The Morgan fingerprint density at radius 3 is 2.49 bits per heavy atom. The summed E-state index contributed by atoms with van der Waals surface area (Å²) in [6.45, 7) is 2.65. The maximum absolute atomic E-state index is 15.5. The molecule has 0 radical (unpaired) electrons. The van der Waals surface area contributed by atoms with Crippen molar-refractivity contribution >= 4 is 29.2 Å². The number of hydrogen-bond donors (Lipinski definition) is 1. The molecule has 3 aliphatic heterocycles. The molecule has 2 bridgehead atoms. The van der Waals surface area contributed by atoms with Crippen molar-refractivity contribution in [2.24, 2.45) is 0 Å². The van der Waals surface area contributed by atoms with Gasteiger partial charge < -0.3 is 24.4 Å². The molecule has 2 saturated heterocycles. The van der Waals surface area contributed by atoms with Gasteiger partial charge in [-0.2, -0.15) is 0 Å². The molecule has 2 fully saturated rings. The first-order valence-electron chi connectivity index (χ1n) is 12.7. The molecule has 3 aromatic rings. The van der Waals surface area contributed by atoms with Gasteiger partial charge in [-0.3, -0.25) is 4.79 Å². The summed E-state index contributed by atoms with van der Waals surface area (Å²) in [5.41, 5.74) is 2.31. The van der Waals surface area contributed by atoms with Crippen LogP contribution in [-0.4, -0.2) is 53.9 Å². The lowest BCUT2D eigenvalue weighted by atomic mass is 9.96. The number of benzene rings is 3. The minimum absolute atomic E-state index is 0.0160. The summed E-state index contributed by atoms with van der Waals surface area (Å²) in [6, 6.07) is 10.3. The maximum atomic E-state index is 15.5. The number of fused-ring (bicyclic) bond motifs is 3. The van der Waals surface area contributed by atoms with Crippen LogP contribution in [0.15, 0.2) is 42.5 Å². The molecule has 1 N–H and O–H groups in total. The molecule has 2 unspecified atom stereocenters. The third-order valence-electron chi connectivity index (χ3n) is 7.70. The van der Waals surface area contributed by atoms with Crippen LogP contribution in [0, 0.1) is 18.6 Å². The number of morpholine rings is 1. The number of carbonyl (C=O) groups excluding carboxylic acids is 1. The molecule has 6 rings (SSSR count). The second-order valence-corrected chi connectivity index (χ2v) is 10.5. The number of anilines is 1. The summed E-state index contributed by atoms with van der Waals surface area (Å²) in [4.78, 5) is 28.9. The van der Waals surface area contributed by atoms with Crippen molar-refractivity contribution < 1.29 is 33.0 Å². The van der Waals surface area contributed by atoms with Crippen molar-refractivity contribution in [1.29, 1.82) is 0 Å². The predicted molar refractivity (Wildman–Crippen MR) is 140 cm³/mol. The van der Waals surface area contributed by atoms with E-state index in [1.54, 1.807) is 31.2 Å². The number of ether oxygens (including phenoxy) is 2. The van der Waals surface area contributed by atoms with Gasteiger partial charge in [0.05, 0.1) is 53.7 Å². The molecule has 202 valence electrons. The number of amides is 1. The van der Waals surface area contributed by atoms with Gasteiger partial charge in [-0.1, -0.05) is 29.8 Å². The number of rotatable bonds is 4. The Morgan fingerprint density at radius 2 is 1.79 bits per heavy atom.